The topological polar surface area (TPSA) is 124 Å². The molecule has 0 unspecified atom stereocenters. The zero-order valence-corrected chi connectivity index (χ0v) is 14.0. The third-order valence-electron chi connectivity index (χ3n) is 3.98. The van der Waals surface area contributed by atoms with Crippen molar-refractivity contribution in [1.82, 2.24) is 25.3 Å². The molecule has 0 aliphatic carbocycles. The van der Waals surface area contributed by atoms with Crippen molar-refractivity contribution in [2.75, 3.05) is 0 Å². The molecule has 1 atom stereocenters. The summed E-state index contributed by atoms with van der Waals surface area (Å²) < 4.78 is 0. The van der Waals surface area contributed by atoms with Gasteiger partial charge in [-0.3, -0.25) is 14.6 Å². The molecule has 3 aromatic rings. The molecule has 2 heterocycles. The van der Waals surface area contributed by atoms with Crippen molar-refractivity contribution in [3.05, 3.63) is 62.2 Å². The number of aryl methyl sites for hydroxylation is 1. The summed E-state index contributed by atoms with van der Waals surface area (Å²) in [6.07, 6.45) is 1.78. The highest BCUT2D eigenvalue weighted by Crippen LogP contribution is 2.19. The number of rotatable bonds is 5. The summed E-state index contributed by atoms with van der Waals surface area (Å²) in [5.74, 6) is 0.355. The van der Waals surface area contributed by atoms with E-state index in [4.69, 9.17) is 0 Å². The standard InChI is InChI=1S/C17H19N5O3/c1-3-11(15-20-12-5-4-9(2)6-13(12)21-15)19-14(23)7-10-8-18-17(25)22-16(10)24/h4-6,8,11H,3,7H2,1-2H3,(H,19,23)(H,20,21)(H2,18,22,24,25)/t11-/m0/s1. The summed E-state index contributed by atoms with van der Waals surface area (Å²) in [6.45, 7) is 3.94. The zero-order valence-electron chi connectivity index (χ0n) is 14.0. The fourth-order valence-electron chi connectivity index (χ4n) is 2.66. The summed E-state index contributed by atoms with van der Waals surface area (Å²) in [5, 5.41) is 2.87. The predicted molar refractivity (Wildman–Crippen MR) is 93.4 cm³/mol. The van der Waals surface area contributed by atoms with Crippen LogP contribution in [0.2, 0.25) is 0 Å². The molecule has 0 bridgehead atoms. The Hall–Kier alpha value is -3.16. The van der Waals surface area contributed by atoms with Gasteiger partial charge >= 0.3 is 5.69 Å². The lowest BCUT2D eigenvalue weighted by Crippen LogP contribution is -2.33. The van der Waals surface area contributed by atoms with Gasteiger partial charge in [0.1, 0.15) is 5.82 Å². The quantitative estimate of drug-likeness (QED) is 0.554. The second-order valence-corrected chi connectivity index (χ2v) is 5.94. The number of imidazole rings is 1. The van der Waals surface area contributed by atoms with Crippen LogP contribution in [0.5, 0.6) is 0 Å². The Morgan fingerprint density at radius 3 is 2.80 bits per heavy atom. The fraction of sp³-hybridized carbons (Fsp3) is 0.294. The number of nitrogens with zero attached hydrogens (tertiary/aromatic N) is 1. The lowest BCUT2D eigenvalue weighted by molar-refractivity contribution is -0.121. The Morgan fingerprint density at radius 2 is 2.08 bits per heavy atom. The third-order valence-corrected chi connectivity index (χ3v) is 3.98. The Labute approximate surface area is 142 Å². The van der Waals surface area contributed by atoms with Crippen molar-refractivity contribution in [3.8, 4) is 0 Å². The van der Waals surface area contributed by atoms with Gasteiger partial charge in [-0.25, -0.2) is 9.78 Å². The number of hydrogen-bond donors (Lipinski definition) is 4. The highest BCUT2D eigenvalue weighted by atomic mass is 16.2. The zero-order chi connectivity index (χ0) is 18.0. The normalized spacial score (nSPS) is 12.2. The highest BCUT2D eigenvalue weighted by molar-refractivity contribution is 5.79. The number of hydrogen-bond acceptors (Lipinski definition) is 4. The Balaban J connectivity index is 1.77. The second kappa shape index (κ2) is 6.76. The minimum absolute atomic E-state index is 0.123. The van der Waals surface area contributed by atoms with Gasteiger partial charge in [0.05, 0.1) is 23.5 Å². The van der Waals surface area contributed by atoms with E-state index in [1.807, 2.05) is 32.0 Å². The number of carbonyl (C=O) groups excluding carboxylic acids is 1. The van der Waals surface area contributed by atoms with Gasteiger partial charge in [-0.05, 0) is 31.0 Å². The van der Waals surface area contributed by atoms with Gasteiger partial charge in [0.2, 0.25) is 5.91 Å². The molecule has 8 nitrogen and oxygen atoms in total. The molecule has 8 heteroatoms. The van der Waals surface area contributed by atoms with Crippen LogP contribution in [0.25, 0.3) is 11.0 Å². The number of aromatic nitrogens is 4. The van der Waals surface area contributed by atoms with E-state index in [1.54, 1.807) is 0 Å². The Bertz CT molecular complexity index is 1030. The SMILES string of the molecule is CC[C@H](NC(=O)Cc1c[nH]c(=O)[nH]c1=O)c1nc2ccc(C)cc2[nH]1. The van der Waals surface area contributed by atoms with E-state index in [2.05, 4.69) is 25.3 Å². The number of aromatic amines is 3. The third kappa shape index (κ3) is 3.68. The van der Waals surface area contributed by atoms with Crippen molar-refractivity contribution >= 4 is 16.9 Å². The fourth-order valence-corrected chi connectivity index (χ4v) is 2.66. The van der Waals surface area contributed by atoms with Crippen molar-refractivity contribution in [2.24, 2.45) is 0 Å². The van der Waals surface area contributed by atoms with Crippen LogP contribution in [0.3, 0.4) is 0 Å². The minimum atomic E-state index is -0.599. The number of carbonyl (C=O) groups is 1. The molecule has 2 aromatic heterocycles. The van der Waals surface area contributed by atoms with Gasteiger partial charge in [0, 0.05) is 11.8 Å². The van der Waals surface area contributed by atoms with Crippen LogP contribution in [0, 0.1) is 6.92 Å². The summed E-state index contributed by atoms with van der Waals surface area (Å²) in [5.41, 5.74) is 1.92. The molecule has 0 radical (unpaired) electrons. The molecular weight excluding hydrogens is 322 g/mol. The summed E-state index contributed by atoms with van der Waals surface area (Å²) in [6, 6.07) is 5.62. The molecule has 1 aromatic carbocycles. The molecule has 1 amide bonds. The van der Waals surface area contributed by atoms with Crippen molar-refractivity contribution < 1.29 is 4.79 Å². The van der Waals surface area contributed by atoms with Gasteiger partial charge in [0.25, 0.3) is 5.56 Å². The molecule has 0 saturated heterocycles. The first-order chi connectivity index (χ1) is 12.0. The molecular formula is C17H19N5O3. The molecule has 0 spiro atoms. The van der Waals surface area contributed by atoms with E-state index in [9.17, 15) is 14.4 Å². The van der Waals surface area contributed by atoms with E-state index in [1.165, 1.54) is 6.20 Å². The van der Waals surface area contributed by atoms with E-state index in [0.717, 1.165) is 16.6 Å². The molecule has 0 fully saturated rings. The summed E-state index contributed by atoms with van der Waals surface area (Å²) >= 11 is 0. The maximum atomic E-state index is 12.3. The van der Waals surface area contributed by atoms with Gasteiger partial charge in [-0.15, -0.1) is 0 Å². The second-order valence-electron chi connectivity index (χ2n) is 5.94. The molecule has 0 aliphatic heterocycles. The summed E-state index contributed by atoms with van der Waals surface area (Å²) in [7, 11) is 0. The van der Waals surface area contributed by atoms with Crippen molar-refractivity contribution in [2.45, 2.75) is 32.7 Å². The predicted octanol–water partition coefficient (Wildman–Crippen LogP) is 1.06. The van der Waals surface area contributed by atoms with Gasteiger partial charge < -0.3 is 15.3 Å². The molecule has 0 saturated carbocycles. The average molecular weight is 341 g/mol. The van der Waals surface area contributed by atoms with E-state index >= 15 is 0 Å². The number of benzene rings is 1. The summed E-state index contributed by atoms with van der Waals surface area (Å²) in [4.78, 5) is 47.2. The maximum absolute atomic E-state index is 12.3. The smallest absolute Gasteiger partial charge is 0.325 e. The van der Waals surface area contributed by atoms with Gasteiger partial charge in [-0.2, -0.15) is 0 Å². The number of H-pyrrole nitrogens is 3. The van der Waals surface area contributed by atoms with Crippen LogP contribution in [-0.4, -0.2) is 25.8 Å². The van der Waals surface area contributed by atoms with E-state index < -0.39 is 11.2 Å². The van der Waals surface area contributed by atoms with Gasteiger partial charge in [0.15, 0.2) is 0 Å². The van der Waals surface area contributed by atoms with Crippen LogP contribution < -0.4 is 16.6 Å². The number of amides is 1. The van der Waals surface area contributed by atoms with Crippen LogP contribution in [-0.2, 0) is 11.2 Å². The Kier molecular flexibility index (Phi) is 4.51. The van der Waals surface area contributed by atoms with E-state index in [-0.39, 0.29) is 23.9 Å². The minimum Gasteiger partial charge on any atom is -0.346 e. The molecule has 3 rings (SSSR count). The molecule has 130 valence electrons. The Morgan fingerprint density at radius 1 is 1.28 bits per heavy atom. The monoisotopic (exact) mass is 341 g/mol. The van der Waals surface area contributed by atoms with Crippen LogP contribution >= 0.6 is 0 Å². The first-order valence-electron chi connectivity index (χ1n) is 8.02. The maximum Gasteiger partial charge on any atom is 0.325 e. The van der Waals surface area contributed by atoms with Crippen LogP contribution in [0.4, 0.5) is 0 Å². The molecule has 4 N–H and O–H groups in total. The molecule has 25 heavy (non-hydrogen) atoms. The lowest BCUT2D eigenvalue weighted by Gasteiger charge is -2.14. The number of nitrogens with one attached hydrogen (secondary N) is 4. The molecule has 0 aliphatic rings. The first-order valence-corrected chi connectivity index (χ1v) is 8.02. The lowest BCUT2D eigenvalue weighted by atomic mass is 10.2. The van der Waals surface area contributed by atoms with Crippen LogP contribution in [0.1, 0.15) is 36.3 Å². The highest BCUT2D eigenvalue weighted by Gasteiger charge is 2.17. The number of fused-ring (bicyclic) bond motifs is 1. The van der Waals surface area contributed by atoms with Crippen LogP contribution in [0.15, 0.2) is 34.0 Å². The van der Waals surface area contributed by atoms with Crippen molar-refractivity contribution in [3.63, 3.8) is 0 Å². The largest absolute Gasteiger partial charge is 0.346 e. The van der Waals surface area contributed by atoms with Gasteiger partial charge in [-0.1, -0.05) is 13.0 Å². The van der Waals surface area contributed by atoms with E-state index in [0.29, 0.717) is 12.2 Å². The first kappa shape index (κ1) is 16.7. The van der Waals surface area contributed by atoms with Crippen molar-refractivity contribution in [1.29, 1.82) is 0 Å². The average Bonchev–Trinajstić information content (AvgIpc) is 2.98.